The molecule has 0 fully saturated rings. The monoisotopic (exact) mass is 605 g/mol. The number of halogens is 1. The van der Waals surface area contributed by atoms with Crippen molar-refractivity contribution in [2.45, 2.75) is 44.3 Å². The van der Waals surface area contributed by atoms with Crippen LogP contribution in [0.15, 0.2) is 113 Å². The molecule has 1 atom stereocenters. The molecule has 5 aromatic rings. The van der Waals surface area contributed by atoms with E-state index in [0.717, 1.165) is 22.3 Å². The van der Waals surface area contributed by atoms with E-state index in [4.69, 9.17) is 14.8 Å². The number of anilines is 2. The minimum Gasteiger partial charge on any atom is -0.489 e. The number of hydrogen-bond donors (Lipinski definition) is 2. The predicted molar refractivity (Wildman–Crippen MR) is 172 cm³/mol. The summed E-state index contributed by atoms with van der Waals surface area (Å²) >= 11 is 1.34. The number of amides is 1. The minimum atomic E-state index is -0.589. The first-order valence-electron chi connectivity index (χ1n) is 14.3. The molecule has 0 saturated heterocycles. The molecule has 1 aliphatic heterocycles. The molecule has 1 aliphatic rings. The molecule has 0 aliphatic carbocycles. The summed E-state index contributed by atoms with van der Waals surface area (Å²) in [7, 11) is 0. The van der Waals surface area contributed by atoms with Crippen LogP contribution in [0.4, 0.5) is 16.0 Å². The summed E-state index contributed by atoms with van der Waals surface area (Å²) in [6, 6.07) is 29.6. The molecule has 9 heteroatoms. The Balaban J connectivity index is 1.34. The Bertz CT molecular complexity index is 1870. The second-order valence-electron chi connectivity index (χ2n) is 10.7. The quantitative estimate of drug-likeness (QED) is 0.167. The van der Waals surface area contributed by atoms with E-state index in [1.54, 1.807) is 16.8 Å². The Morgan fingerprint density at radius 3 is 2.52 bits per heavy atom. The van der Waals surface area contributed by atoms with E-state index in [1.165, 1.54) is 17.8 Å². The van der Waals surface area contributed by atoms with Gasteiger partial charge in [-0.15, -0.1) is 5.10 Å². The first-order valence-corrected chi connectivity index (χ1v) is 15.3. The van der Waals surface area contributed by atoms with Gasteiger partial charge in [-0.25, -0.2) is 9.07 Å². The lowest BCUT2D eigenvalue weighted by atomic mass is 9.94. The highest BCUT2D eigenvalue weighted by atomic mass is 32.2. The van der Waals surface area contributed by atoms with Crippen LogP contribution in [-0.4, -0.2) is 20.7 Å². The summed E-state index contributed by atoms with van der Waals surface area (Å²) in [6.45, 7) is 6.32. The van der Waals surface area contributed by atoms with Gasteiger partial charge in [-0.1, -0.05) is 78.5 Å². The van der Waals surface area contributed by atoms with E-state index >= 15 is 0 Å². The third kappa shape index (κ3) is 6.38. The number of aryl methyl sites for hydroxylation is 2. The lowest BCUT2D eigenvalue weighted by Crippen LogP contribution is -2.31. The van der Waals surface area contributed by atoms with Gasteiger partial charge in [0.15, 0.2) is 0 Å². The molecular formula is C35H32FN5O2S. The number of carbonyl (C=O) groups excluding carboxylic acids is 1. The van der Waals surface area contributed by atoms with Crippen molar-refractivity contribution in [3.63, 3.8) is 0 Å². The number of carbonyl (C=O) groups is 1. The number of fused-ring (bicyclic) bond motifs is 1. The summed E-state index contributed by atoms with van der Waals surface area (Å²) in [5.74, 6) is 1.03. The first-order chi connectivity index (χ1) is 21.4. The molecule has 1 amide bonds. The molecule has 0 spiro atoms. The van der Waals surface area contributed by atoms with Crippen molar-refractivity contribution >= 4 is 29.3 Å². The van der Waals surface area contributed by atoms with Crippen LogP contribution in [0.5, 0.6) is 5.75 Å². The Morgan fingerprint density at radius 2 is 1.73 bits per heavy atom. The van der Waals surface area contributed by atoms with Gasteiger partial charge < -0.3 is 15.4 Å². The molecule has 6 rings (SSSR count). The van der Waals surface area contributed by atoms with Crippen LogP contribution in [-0.2, 0) is 17.2 Å². The average molecular weight is 606 g/mol. The number of rotatable bonds is 9. The molecular weight excluding hydrogens is 573 g/mol. The second-order valence-corrected chi connectivity index (χ2v) is 11.7. The Morgan fingerprint density at radius 1 is 0.955 bits per heavy atom. The van der Waals surface area contributed by atoms with Crippen LogP contribution in [0.25, 0.3) is 0 Å². The molecule has 0 saturated carbocycles. The highest BCUT2D eigenvalue weighted by Gasteiger charge is 2.34. The molecule has 44 heavy (non-hydrogen) atoms. The molecule has 4 aromatic carbocycles. The van der Waals surface area contributed by atoms with Crippen molar-refractivity contribution in [3.05, 3.63) is 142 Å². The molecule has 1 unspecified atom stereocenters. The van der Waals surface area contributed by atoms with Gasteiger partial charge in [-0.2, -0.15) is 4.98 Å². The highest BCUT2D eigenvalue weighted by Crippen LogP contribution is 2.38. The number of benzene rings is 4. The number of nitrogens with one attached hydrogen (secondary N) is 2. The predicted octanol–water partition coefficient (Wildman–Crippen LogP) is 7.83. The third-order valence-electron chi connectivity index (χ3n) is 7.50. The van der Waals surface area contributed by atoms with Gasteiger partial charge in [0.05, 0.1) is 5.57 Å². The van der Waals surface area contributed by atoms with Gasteiger partial charge in [0, 0.05) is 17.1 Å². The van der Waals surface area contributed by atoms with E-state index in [0.29, 0.717) is 51.7 Å². The smallest absolute Gasteiger partial charge is 0.255 e. The van der Waals surface area contributed by atoms with Crippen LogP contribution < -0.4 is 15.4 Å². The maximum atomic E-state index is 14.3. The fourth-order valence-electron chi connectivity index (χ4n) is 5.18. The van der Waals surface area contributed by atoms with E-state index in [9.17, 15) is 9.18 Å². The molecule has 0 radical (unpaired) electrons. The number of allylic oxidation sites excluding steroid dienone is 1. The maximum Gasteiger partial charge on any atom is 0.255 e. The van der Waals surface area contributed by atoms with Gasteiger partial charge in [0.2, 0.25) is 11.1 Å². The molecule has 0 bridgehead atoms. The number of thioether (sulfide) groups is 1. The van der Waals surface area contributed by atoms with E-state index in [2.05, 4.69) is 23.6 Å². The minimum absolute atomic E-state index is 0.251. The van der Waals surface area contributed by atoms with Crippen molar-refractivity contribution < 1.29 is 13.9 Å². The van der Waals surface area contributed by atoms with Gasteiger partial charge in [-0.05, 0) is 78.9 Å². The van der Waals surface area contributed by atoms with Crippen LogP contribution in [0.3, 0.4) is 0 Å². The van der Waals surface area contributed by atoms with E-state index in [1.807, 2.05) is 86.6 Å². The number of hydrogen-bond acceptors (Lipinski definition) is 6. The van der Waals surface area contributed by atoms with Crippen molar-refractivity contribution in [1.29, 1.82) is 0 Å². The van der Waals surface area contributed by atoms with Crippen molar-refractivity contribution in [2.75, 3.05) is 10.6 Å². The molecule has 222 valence electrons. The SMILES string of the molecule is CC1=C(C(=O)Nc2cccc(C)c2)C(c2cccc(OCc3ccccc3C)c2)n2nc(SCc3ccccc3F)nc2N1. The van der Waals surface area contributed by atoms with Gasteiger partial charge in [0.1, 0.15) is 24.2 Å². The van der Waals surface area contributed by atoms with Crippen LogP contribution in [0.2, 0.25) is 0 Å². The topological polar surface area (TPSA) is 81.1 Å². The zero-order valence-corrected chi connectivity index (χ0v) is 25.5. The van der Waals surface area contributed by atoms with Crippen molar-refractivity contribution in [1.82, 2.24) is 14.8 Å². The summed E-state index contributed by atoms with van der Waals surface area (Å²) in [4.78, 5) is 18.6. The highest BCUT2D eigenvalue weighted by molar-refractivity contribution is 7.98. The molecule has 2 N–H and O–H groups in total. The van der Waals surface area contributed by atoms with Gasteiger partial charge in [-0.3, -0.25) is 4.79 Å². The zero-order valence-electron chi connectivity index (χ0n) is 24.7. The Labute approximate surface area is 260 Å². The van der Waals surface area contributed by atoms with Crippen LogP contribution in [0.1, 0.15) is 40.8 Å². The lowest BCUT2D eigenvalue weighted by Gasteiger charge is -2.29. The maximum absolute atomic E-state index is 14.3. The van der Waals surface area contributed by atoms with Gasteiger partial charge >= 0.3 is 0 Å². The van der Waals surface area contributed by atoms with E-state index < -0.39 is 6.04 Å². The summed E-state index contributed by atoms with van der Waals surface area (Å²) in [5, 5.41) is 11.6. The van der Waals surface area contributed by atoms with Crippen LogP contribution in [0, 0.1) is 19.7 Å². The Hall–Kier alpha value is -4.89. The number of aromatic nitrogens is 3. The standard InChI is InChI=1S/C35H32FN5O2S/c1-22-10-8-15-28(18-22)38-33(42)31-24(3)37-34-39-35(44-21-27-13-6-7-17-30(27)36)40-41(34)32(31)25-14-9-16-29(19-25)43-20-26-12-5-4-11-23(26)2/h4-19,32H,20-21H2,1-3H3,(H,38,42)(H,37,39,40). The fraction of sp³-hybridized carbons (Fsp3) is 0.171. The summed E-state index contributed by atoms with van der Waals surface area (Å²) in [6.07, 6.45) is 0. The number of ether oxygens (including phenoxy) is 1. The third-order valence-corrected chi connectivity index (χ3v) is 8.38. The van der Waals surface area contributed by atoms with E-state index in [-0.39, 0.29) is 11.7 Å². The Kier molecular flexibility index (Phi) is 8.47. The summed E-state index contributed by atoms with van der Waals surface area (Å²) in [5.41, 5.74) is 6.56. The number of nitrogens with zero attached hydrogens (tertiary/aromatic N) is 3. The van der Waals surface area contributed by atoms with Crippen molar-refractivity contribution in [3.8, 4) is 5.75 Å². The second kappa shape index (κ2) is 12.8. The van der Waals surface area contributed by atoms with Crippen molar-refractivity contribution in [2.24, 2.45) is 0 Å². The fourth-order valence-corrected chi connectivity index (χ4v) is 6.00. The first kappa shape index (κ1) is 29.2. The van der Waals surface area contributed by atoms with Crippen LogP contribution >= 0.6 is 11.8 Å². The average Bonchev–Trinajstić information content (AvgIpc) is 3.42. The normalized spacial score (nSPS) is 14.1. The zero-order chi connectivity index (χ0) is 30.6. The molecule has 2 heterocycles. The molecule has 1 aromatic heterocycles. The molecule has 7 nitrogen and oxygen atoms in total. The largest absolute Gasteiger partial charge is 0.489 e. The summed E-state index contributed by atoms with van der Waals surface area (Å²) < 4.78 is 22.2. The van der Waals surface area contributed by atoms with Gasteiger partial charge in [0.25, 0.3) is 5.91 Å². The lowest BCUT2D eigenvalue weighted by molar-refractivity contribution is -0.113.